The molecule has 0 bridgehead atoms. The van der Waals surface area contributed by atoms with Crippen LogP contribution in [0.25, 0.3) is 10.9 Å². The summed E-state index contributed by atoms with van der Waals surface area (Å²) in [4.78, 5) is 12.2. The van der Waals surface area contributed by atoms with Gasteiger partial charge < -0.3 is 5.32 Å². The molecule has 1 atom stereocenters. The Hall–Kier alpha value is -2.33. The van der Waals surface area contributed by atoms with Crippen molar-refractivity contribution in [1.82, 2.24) is 10.2 Å². The van der Waals surface area contributed by atoms with Crippen LogP contribution in [0.3, 0.4) is 0 Å². The Morgan fingerprint density at radius 2 is 1.95 bits per heavy atom. The van der Waals surface area contributed by atoms with Crippen LogP contribution in [0.15, 0.2) is 54.7 Å². The van der Waals surface area contributed by atoms with E-state index in [0.29, 0.717) is 5.69 Å². The predicted octanol–water partition coefficient (Wildman–Crippen LogP) is 3.48. The predicted molar refractivity (Wildman–Crippen MR) is 79.8 cm³/mol. The van der Waals surface area contributed by atoms with E-state index in [9.17, 15) is 4.79 Å². The van der Waals surface area contributed by atoms with E-state index >= 15 is 0 Å². The fourth-order valence-corrected chi connectivity index (χ4v) is 2.24. The molecule has 2 N–H and O–H groups in total. The van der Waals surface area contributed by atoms with Crippen molar-refractivity contribution in [2.75, 3.05) is 5.32 Å². The Morgan fingerprint density at radius 1 is 1.15 bits per heavy atom. The summed E-state index contributed by atoms with van der Waals surface area (Å²) in [5.74, 6) is -0.264. The van der Waals surface area contributed by atoms with Gasteiger partial charge in [-0.25, -0.2) is 0 Å². The van der Waals surface area contributed by atoms with Crippen LogP contribution in [0.1, 0.15) is 10.9 Å². The molecule has 2 aromatic carbocycles. The first-order valence-corrected chi connectivity index (χ1v) is 6.61. The number of halogens is 1. The average molecular weight is 286 g/mol. The number of H-pyrrole nitrogens is 1. The highest BCUT2D eigenvalue weighted by Gasteiger charge is 2.18. The van der Waals surface area contributed by atoms with Crippen molar-refractivity contribution in [3.8, 4) is 0 Å². The number of hydrogen-bond acceptors (Lipinski definition) is 2. The maximum Gasteiger partial charge on any atom is 0.247 e. The molecule has 0 fully saturated rings. The Balaban J connectivity index is 1.84. The topological polar surface area (TPSA) is 57.8 Å². The van der Waals surface area contributed by atoms with E-state index in [4.69, 9.17) is 11.6 Å². The lowest BCUT2D eigenvalue weighted by molar-refractivity contribution is -0.116. The van der Waals surface area contributed by atoms with Crippen molar-refractivity contribution in [3.63, 3.8) is 0 Å². The van der Waals surface area contributed by atoms with Crippen LogP contribution in [-0.2, 0) is 4.79 Å². The summed E-state index contributed by atoms with van der Waals surface area (Å²) in [6.07, 6.45) is 1.71. The lowest BCUT2D eigenvalue weighted by atomic mass is 10.1. The van der Waals surface area contributed by atoms with Crippen LogP contribution in [0.2, 0.25) is 0 Å². The molecule has 3 rings (SSSR count). The number of carbonyl (C=O) groups is 1. The van der Waals surface area contributed by atoms with E-state index in [1.54, 1.807) is 6.20 Å². The number of nitrogens with zero attached hydrogens (tertiary/aromatic N) is 1. The second-order valence-electron chi connectivity index (χ2n) is 4.40. The number of alkyl halides is 1. The largest absolute Gasteiger partial charge is 0.323 e. The number of aromatic nitrogens is 2. The number of carbonyl (C=O) groups excluding carboxylic acids is 1. The molecule has 1 amide bonds. The van der Waals surface area contributed by atoms with Gasteiger partial charge >= 0.3 is 0 Å². The number of hydrogen-bond donors (Lipinski definition) is 2. The number of rotatable bonds is 3. The van der Waals surface area contributed by atoms with Crippen LogP contribution >= 0.6 is 11.6 Å². The van der Waals surface area contributed by atoms with Crippen LogP contribution in [0.5, 0.6) is 0 Å². The summed E-state index contributed by atoms with van der Waals surface area (Å²) in [6.45, 7) is 0. The summed E-state index contributed by atoms with van der Waals surface area (Å²) in [5, 5.41) is 9.87. The lowest BCUT2D eigenvalue weighted by Gasteiger charge is -2.11. The standard InChI is InChI=1S/C15H12ClN3O/c16-13(10-5-2-1-3-6-10)15(20)18-12-8-4-7-11-9-17-19-14(11)12/h1-9,13H,(H,17,19)(H,18,20). The van der Waals surface area contributed by atoms with Crippen molar-refractivity contribution in [3.05, 3.63) is 60.3 Å². The summed E-state index contributed by atoms with van der Waals surface area (Å²) in [7, 11) is 0. The highest BCUT2D eigenvalue weighted by atomic mass is 35.5. The molecule has 0 radical (unpaired) electrons. The van der Waals surface area contributed by atoms with Gasteiger partial charge in [0.1, 0.15) is 5.38 Å². The molecular formula is C15H12ClN3O. The normalized spacial score (nSPS) is 12.2. The van der Waals surface area contributed by atoms with Crippen LogP contribution < -0.4 is 5.32 Å². The number of anilines is 1. The molecular weight excluding hydrogens is 274 g/mol. The zero-order valence-electron chi connectivity index (χ0n) is 10.5. The van der Waals surface area contributed by atoms with Crippen LogP contribution in [-0.4, -0.2) is 16.1 Å². The smallest absolute Gasteiger partial charge is 0.247 e. The van der Waals surface area contributed by atoms with E-state index in [-0.39, 0.29) is 5.91 Å². The minimum absolute atomic E-state index is 0.264. The fourth-order valence-electron chi connectivity index (χ4n) is 2.04. The molecule has 0 aliphatic rings. The Bertz CT molecular complexity index is 739. The number of fused-ring (bicyclic) bond motifs is 1. The first kappa shape index (κ1) is 12.7. The Kier molecular flexibility index (Phi) is 3.39. The van der Waals surface area contributed by atoms with E-state index in [1.807, 2.05) is 48.5 Å². The highest BCUT2D eigenvalue weighted by Crippen LogP contribution is 2.25. The third-order valence-electron chi connectivity index (χ3n) is 3.06. The molecule has 5 heteroatoms. The molecule has 0 spiro atoms. The molecule has 1 heterocycles. The zero-order valence-corrected chi connectivity index (χ0v) is 11.3. The van der Waals surface area contributed by atoms with Crippen molar-refractivity contribution in [2.45, 2.75) is 5.38 Å². The molecule has 4 nitrogen and oxygen atoms in total. The van der Waals surface area contributed by atoms with Crippen molar-refractivity contribution >= 4 is 34.1 Å². The lowest BCUT2D eigenvalue weighted by Crippen LogP contribution is -2.17. The van der Waals surface area contributed by atoms with Gasteiger partial charge in [0.25, 0.3) is 0 Å². The van der Waals surface area contributed by atoms with Gasteiger partial charge in [-0.15, -0.1) is 11.6 Å². The number of nitrogens with one attached hydrogen (secondary N) is 2. The number of amides is 1. The number of aromatic amines is 1. The maximum atomic E-state index is 12.2. The summed E-state index contributed by atoms with van der Waals surface area (Å²) >= 11 is 6.19. The second-order valence-corrected chi connectivity index (χ2v) is 4.84. The molecule has 0 saturated heterocycles. The summed E-state index contributed by atoms with van der Waals surface area (Å²) in [6, 6.07) is 14.8. The van der Waals surface area contributed by atoms with Gasteiger partial charge in [0.15, 0.2) is 0 Å². The molecule has 100 valence electrons. The van der Waals surface area contributed by atoms with Gasteiger partial charge in [0.05, 0.1) is 17.4 Å². The van der Waals surface area contributed by atoms with Crippen LogP contribution in [0.4, 0.5) is 5.69 Å². The zero-order chi connectivity index (χ0) is 13.9. The molecule has 1 unspecified atom stereocenters. The third kappa shape index (κ3) is 2.38. The van der Waals surface area contributed by atoms with Gasteiger partial charge in [0.2, 0.25) is 5.91 Å². The second kappa shape index (κ2) is 5.35. The minimum atomic E-state index is -0.727. The van der Waals surface area contributed by atoms with E-state index < -0.39 is 5.38 Å². The number of benzene rings is 2. The van der Waals surface area contributed by atoms with Gasteiger partial charge in [-0.2, -0.15) is 5.10 Å². The van der Waals surface area contributed by atoms with Gasteiger partial charge in [0, 0.05) is 5.39 Å². The van der Waals surface area contributed by atoms with Crippen LogP contribution in [0, 0.1) is 0 Å². The van der Waals surface area contributed by atoms with Gasteiger partial charge in [-0.1, -0.05) is 42.5 Å². The summed E-state index contributed by atoms with van der Waals surface area (Å²) < 4.78 is 0. The first-order chi connectivity index (χ1) is 9.75. The van der Waals surface area contributed by atoms with E-state index in [2.05, 4.69) is 15.5 Å². The molecule has 3 aromatic rings. The number of para-hydroxylation sites is 1. The fraction of sp³-hybridized carbons (Fsp3) is 0.0667. The van der Waals surface area contributed by atoms with E-state index in [1.165, 1.54) is 0 Å². The molecule has 0 aliphatic heterocycles. The van der Waals surface area contributed by atoms with Gasteiger partial charge in [-0.3, -0.25) is 9.89 Å². The van der Waals surface area contributed by atoms with E-state index in [0.717, 1.165) is 16.5 Å². The quantitative estimate of drug-likeness (QED) is 0.724. The molecule has 0 saturated carbocycles. The molecule has 20 heavy (non-hydrogen) atoms. The third-order valence-corrected chi connectivity index (χ3v) is 3.51. The maximum absolute atomic E-state index is 12.2. The van der Waals surface area contributed by atoms with Crippen molar-refractivity contribution in [1.29, 1.82) is 0 Å². The SMILES string of the molecule is O=C(Nc1cccc2cn[nH]c12)C(Cl)c1ccccc1. The minimum Gasteiger partial charge on any atom is -0.323 e. The Morgan fingerprint density at radius 3 is 2.75 bits per heavy atom. The van der Waals surface area contributed by atoms with Gasteiger partial charge in [-0.05, 0) is 11.6 Å². The summed E-state index contributed by atoms with van der Waals surface area (Å²) in [5.41, 5.74) is 2.23. The van der Waals surface area contributed by atoms with Crippen molar-refractivity contribution in [2.24, 2.45) is 0 Å². The van der Waals surface area contributed by atoms with Crippen molar-refractivity contribution < 1.29 is 4.79 Å². The Labute approximate surface area is 120 Å². The highest BCUT2D eigenvalue weighted by molar-refractivity contribution is 6.32. The molecule has 1 aromatic heterocycles. The molecule has 0 aliphatic carbocycles. The monoisotopic (exact) mass is 285 g/mol. The average Bonchev–Trinajstić information content (AvgIpc) is 2.97. The first-order valence-electron chi connectivity index (χ1n) is 6.17.